The first-order valence-electron chi connectivity index (χ1n) is 6.29. The lowest BCUT2D eigenvalue weighted by molar-refractivity contribution is -0.121. The van der Waals surface area contributed by atoms with E-state index in [0.717, 1.165) is 30.7 Å². The van der Waals surface area contributed by atoms with Gasteiger partial charge in [-0.2, -0.15) is 0 Å². The molecule has 1 aliphatic rings. The van der Waals surface area contributed by atoms with E-state index in [9.17, 15) is 4.79 Å². The Labute approximate surface area is 108 Å². The molecule has 0 aromatic heterocycles. The second-order valence-electron chi connectivity index (χ2n) is 4.87. The van der Waals surface area contributed by atoms with Crippen LogP contribution in [0.1, 0.15) is 19.3 Å². The van der Waals surface area contributed by atoms with Crippen molar-refractivity contribution < 1.29 is 9.53 Å². The summed E-state index contributed by atoms with van der Waals surface area (Å²) >= 11 is 0. The number of carbonyl (C=O) groups is 1. The van der Waals surface area contributed by atoms with Gasteiger partial charge in [-0.3, -0.25) is 4.79 Å². The van der Waals surface area contributed by atoms with Crippen molar-refractivity contribution >= 4 is 11.6 Å². The van der Waals surface area contributed by atoms with Gasteiger partial charge < -0.3 is 15.4 Å². The van der Waals surface area contributed by atoms with Crippen molar-refractivity contribution in [2.45, 2.75) is 25.3 Å². The summed E-state index contributed by atoms with van der Waals surface area (Å²) in [6.07, 6.45) is 2.66. The molecule has 0 heterocycles. The molecule has 2 atom stereocenters. The van der Waals surface area contributed by atoms with Gasteiger partial charge in [-0.25, -0.2) is 0 Å². The van der Waals surface area contributed by atoms with Crippen LogP contribution in [-0.2, 0) is 4.79 Å². The summed E-state index contributed by atoms with van der Waals surface area (Å²) in [6, 6.07) is 7.69. The summed E-state index contributed by atoms with van der Waals surface area (Å²) < 4.78 is 5.10. The first-order valence-corrected chi connectivity index (χ1v) is 6.29. The molecule has 98 valence electrons. The Hall–Kier alpha value is -1.55. The lowest BCUT2D eigenvalue weighted by atomic mass is 10.1. The van der Waals surface area contributed by atoms with Crippen molar-refractivity contribution in [1.29, 1.82) is 0 Å². The van der Waals surface area contributed by atoms with Crippen molar-refractivity contribution in [3.63, 3.8) is 0 Å². The summed E-state index contributed by atoms with van der Waals surface area (Å²) in [4.78, 5) is 14.0. The number of benzene rings is 1. The lowest BCUT2D eigenvalue weighted by Gasteiger charge is -2.21. The summed E-state index contributed by atoms with van der Waals surface area (Å²) in [7, 11) is 3.44. The molecule has 1 saturated carbocycles. The van der Waals surface area contributed by atoms with Gasteiger partial charge in [0.25, 0.3) is 0 Å². The van der Waals surface area contributed by atoms with Gasteiger partial charge in [-0.1, -0.05) is 0 Å². The van der Waals surface area contributed by atoms with Gasteiger partial charge >= 0.3 is 0 Å². The number of amides is 1. The van der Waals surface area contributed by atoms with Crippen molar-refractivity contribution in [2.75, 3.05) is 19.1 Å². The van der Waals surface area contributed by atoms with E-state index in [-0.39, 0.29) is 17.9 Å². The van der Waals surface area contributed by atoms with Crippen LogP contribution in [0.25, 0.3) is 0 Å². The summed E-state index contributed by atoms with van der Waals surface area (Å²) in [5.74, 6) is 1.03. The lowest BCUT2D eigenvalue weighted by Crippen LogP contribution is -2.32. The second kappa shape index (κ2) is 5.40. The fourth-order valence-electron chi connectivity index (χ4n) is 2.45. The van der Waals surface area contributed by atoms with Crippen LogP contribution in [0.5, 0.6) is 5.75 Å². The highest BCUT2D eigenvalue weighted by Gasteiger charge is 2.30. The average Bonchev–Trinajstić information content (AvgIpc) is 2.84. The minimum Gasteiger partial charge on any atom is -0.497 e. The van der Waals surface area contributed by atoms with E-state index in [1.165, 1.54) is 0 Å². The van der Waals surface area contributed by atoms with Gasteiger partial charge in [0.15, 0.2) is 0 Å². The Bertz CT molecular complexity index is 416. The largest absolute Gasteiger partial charge is 0.497 e. The van der Waals surface area contributed by atoms with E-state index >= 15 is 0 Å². The number of hydrogen-bond donors (Lipinski definition) is 1. The fourth-order valence-corrected chi connectivity index (χ4v) is 2.45. The number of hydrogen-bond acceptors (Lipinski definition) is 3. The Balaban J connectivity index is 2.05. The standard InChI is InChI=1S/C14H20N2O2/c1-16(12-5-7-13(18-2)8-6-12)14(17)10-3-4-11(15)9-10/h5-8,10-11H,3-4,9,15H2,1-2H3. The third-order valence-electron chi connectivity index (χ3n) is 3.61. The normalized spacial score (nSPS) is 22.8. The number of anilines is 1. The van der Waals surface area contributed by atoms with Crippen molar-refractivity contribution in [3.05, 3.63) is 24.3 Å². The van der Waals surface area contributed by atoms with Crippen LogP contribution in [0.3, 0.4) is 0 Å². The van der Waals surface area contributed by atoms with Crippen LogP contribution in [0.15, 0.2) is 24.3 Å². The number of rotatable bonds is 3. The minimum absolute atomic E-state index is 0.0760. The minimum atomic E-state index is 0.0760. The van der Waals surface area contributed by atoms with Gasteiger partial charge in [-0.15, -0.1) is 0 Å². The Morgan fingerprint density at radius 2 is 2.00 bits per heavy atom. The van der Waals surface area contributed by atoms with Gasteiger partial charge in [0, 0.05) is 24.7 Å². The van der Waals surface area contributed by atoms with Crippen LogP contribution in [0.4, 0.5) is 5.69 Å². The van der Waals surface area contributed by atoms with Crippen LogP contribution < -0.4 is 15.4 Å². The first-order chi connectivity index (χ1) is 8.61. The Morgan fingerprint density at radius 1 is 1.33 bits per heavy atom. The third-order valence-corrected chi connectivity index (χ3v) is 3.61. The van der Waals surface area contributed by atoms with Gasteiger partial charge in [-0.05, 0) is 43.5 Å². The molecule has 1 aromatic carbocycles. The zero-order chi connectivity index (χ0) is 13.1. The van der Waals surface area contributed by atoms with Crippen molar-refractivity contribution in [3.8, 4) is 5.75 Å². The van der Waals surface area contributed by atoms with E-state index in [1.54, 1.807) is 12.0 Å². The summed E-state index contributed by atoms with van der Waals surface area (Å²) in [5, 5.41) is 0. The average molecular weight is 248 g/mol. The van der Waals surface area contributed by atoms with E-state index in [2.05, 4.69) is 0 Å². The van der Waals surface area contributed by atoms with Crippen molar-refractivity contribution in [2.24, 2.45) is 11.7 Å². The molecule has 1 fully saturated rings. The van der Waals surface area contributed by atoms with Crippen molar-refractivity contribution in [1.82, 2.24) is 0 Å². The maximum Gasteiger partial charge on any atom is 0.229 e. The third kappa shape index (κ3) is 2.64. The highest BCUT2D eigenvalue weighted by molar-refractivity contribution is 5.94. The van der Waals surface area contributed by atoms with E-state index in [4.69, 9.17) is 10.5 Å². The number of nitrogens with zero attached hydrogens (tertiary/aromatic N) is 1. The first kappa shape index (κ1) is 12.9. The van der Waals surface area contributed by atoms with Crippen LogP contribution in [0.2, 0.25) is 0 Å². The zero-order valence-electron chi connectivity index (χ0n) is 10.9. The fraction of sp³-hybridized carbons (Fsp3) is 0.500. The molecule has 2 unspecified atom stereocenters. The predicted octanol–water partition coefficient (Wildman–Crippen LogP) is 1.79. The zero-order valence-corrected chi connectivity index (χ0v) is 10.9. The molecule has 0 spiro atoms. The highest BCUT2D eigenvalue weighted by atomic mass is 16.5. The Kier molecular flexibility index (Phi) is 3.87. The van der Waals surface area contributed by atoms with Gasteiger partial charge in [0.2, 0.25) is 5.91 Å². The molecule has 4 heteroatoms. The molecule has 0 bridgehead atoms. The molecule has 1 aliphatic carbocycles. The predicted molar refractivity (Wildman–Crippen MR) is 71.7 cm³/mol. The van der Waals surface area contributed by atoms with E-state index in [1.807, 2.05) is 31.3 Å². The highest BCUT2D eigenvalue weighted by Crippen LogP contribution is 2.28. The van der Waals surface area contributed by atoms with E-state index in [0.29, 0.717) is 0 Å². The molecule has 18 heavy (non-hydrogen) atoms. The molecular formula is C14H20N2O2. The number of carbonyl (C=O) groups excluding carboxylic acids is 1. The quantitative estimate of drug-likeness (QED) is 0.887. The van der Waals surface area contributed by atoms with Gasteiger partial charge in [0.1, 0.15) is 5.75 Å². The summed E-state index contributed by atoms with van der Waals surface area (Å²) in [5.41, 5.74) is 6.74. The topological polar surface area (TPSA) is 55.6 Å². The molecule has 1 amide bonds. The smallest absolute Gasteiger partial charge is 0.229 e. The molecule has 0 radical (unpaired) electrons. The molecule has 0 aliphatic heterocycles. The monoisotopic (exact) mass is 248 g/mol. The maximum atomic E-state index is 12.3. The SMILES string of the molecule is COc1ccc(N(C)C(=O)C2CCC(N)C2)cc1. The van der Waals surface area contributed by atoms with Crippen LogP contribution in [0, 0.1) is 5.92 Å². The van der Waals surface area contributed by atoms with Crippen LogP contribution in [-0.4, -0.2) is 26.1 Å². The molecular weight excluding hydrogens is 228 g/mol. The van der Waals surface area contributed by atoms with Gasteiger partial charge in [0.05, 0.1) is 7.11 Å². The number of nitrogens with two attached hydrogens (primary N) is 1. The molecule has 1 aromatic rings. The van der Waals surface area contributed by atoms with Crippen LogP contribution >= 0.6 is 0 Å². The van der Waals surface area contributed by atoms with E-state index < -0.39 is 0 Å². The summed E-state index contributed by atoms with van der Waals surface area (Å²) in [6.45, 7) is 0. The number of methoxy groups -OCH3 is 1. The molecule has 2 rings (SSSR count). The maximum absolute atomic E-state index is 12.3. The molecule has 4 nitrogen and oxygen atoms in total. The Morgan fingerprint density at radius 3 is 2.50 bits per heavy atom. The molecule has 2 N–H and O–H groups in total. The molecule has 0 saturated heterocycles. The number of ether oxygens (including phenoxy) is 1. The second-order valence-corrected chi connectivity index (χ2v) is 4.87.